The average molecular weight is 439 g/mol. The van der Waals surface area contributed by atoms with Crippen LogP contribution >= 0.6 is 0 Å². The van der Waals surface area contributed by atoms with Gasteiger partial charge in [-0.15, -0.1) is 0 Å². The Labute approximate surface area is 185 Å². The van der Waals surface area contributed by atoms with Gasteiger partial charge in [0, 0.05) is 12.5 Å². The maximum atomic E-state index is 12.1. The van der Waals surface area contributed by atoms with Crippen LogP contribution in [0.3, 0.4) is 0 Å². The number of amidine groups is 1. The number of benzene rings is 2. The van der Waals surface area contributed by atoms with E-state index in [2.05, 4.69) is 10.1 Å². The van der Waals surface area contributed by atoms with Crippen molar-refractivity contribution in [3.63, 3.8) is 0 Å². The number of hydrogen-bond donors (Lipinski definition) is 3. The number of esters is 2. The molecule has 0 radical (unpaired) electrons. The quantitative estimate of drug-likeness (QED) is 0.235. The normalized spacial score (nSPS) is 17.3. The third-order valence-corrected chi connectivity index (χ3v) is 5.02. The highest BCUT2D eigenvalue weighted by Crippen LogP contribution is 2.24. The lowest BCUT2D eigenvalue weighted by molar-refractivity contribution is -0.166. The summed E-state index contributed by atoms with van der Waals surface area (Å²) < 4.78 is 15.1. The van der Waals surface area contributed by atoms with Crippen molar-refractivity contribution < 1.29 is 28.6 Å². The van der Waals surface area contributed by atoms with Crippen molar-refractivity contribution in [2.24, 2.45) is 11.7 Å². The van der Waals surface area contributed by atoms with Crippen molar-refractivity contribution in [3.8, 4) is 16.9 Å². The lowest BCUT2D eigenvalue weighted by Crippen LogP contribution is -2.31. The van der Waals surface area contributed by atoms with Gasteiger partial charge < -0.3 is 25.3 Å². The van der Waals surface area contributed by atoms with Gasteiger partial charge >= 0.3 is 11.9 Å². The first-order valence-corrected chi connectivity index (χ1v) is 10.1. The van der Waals surface area contributed by atoms with Crippen LogP contribution in [0.15, 0.2) is 48.5 Å². The predicted octanol–water partition coefficient (Wildman–Crippen LogP) is 1.98. The zero-order valence-corrected chi connectivity index (χ0v) is 17.6. The van der Waals surface area contributed by atoms with E-state index in [9.17, 15) is 14.4 Å². The minimum absolute atomic E-state index is 0.0282. The summed E-state index contributed by atoms with van der Waals surface area (Å²) in [5.74, 6) is -1.19. The summed E-state index contributed by atoms with van der Waals surface area (Å²) >= 11 is 0. The zero-order valence-electron chi connectivity index (χ0n) is 17.6. The number of ether oxygens (including phenoxy) is 3. The first kappa shape index (κ1) is 22.8. The van der Waals surface area contributed by atoms with Gasteiger partial charge in [-0.3, -0.25) is 19.8 Å². The zero-order chi connectivity index (χ0) is 23.1. The van der Waals surface area contributed by atoms with Crippen LogP contribution in [-0.4, -0.2) is 43.1 Å². The van der Waals surface area contributed by atoms with E-state index in [0.717, 1.165) is 11.1 Å². The van der Waals surface area contributed by atoms with Crippen molar-refractivity contribution in [2.75, 3.05) is 13.4 Å². The largest absolute Gasteiger partial charge is 0.491 e. The van der Waals surface area contributed by atoms with Crippen LogP contribution < -0.4 is 15.8 Å². The van der Waals surface area contributed by atoms with E-state index < -0.39 is 24.6 Å². The second-order valence-corrected chi connectivity index (χ2v) is 7.44. The molecule has 32 heavy (non-hydrogen) atoms. The Hall–Kier alpha value is -3.88. The highest BCUT2D eigenvalue weighted by atomic mass is 16.7. The second kappa shape index (κ2) is 10.4. The van der Waals surface area contributed by atoms with E-state index in [-0.39, 0.29) is 30.8 Å². The van der Waals surface area contributed by atoms with Gasteiger partial charge in [-0.05, 0) is 29.7 Å². The molecule has 1 fully saturated rings. The Morgan fingerprint density at radius 3 is 2.28 bits per heavy atom. The molecule has 0 aromatic heterocycles. The third kappa shape index (κ3) is 6.31. The maximum Gasteiger partial charge on any atom is 0.309 e. The van der Waals surface area contributed by atoms with Crippen molar-refractivity contribution in [3.05, 3.63) is 54.1 Å². The maximum absolute atomic E-state index is 12.1. The lowest BCUT2D eigenvalue weighted by atomic mass is 10.0. The Morgan fingerprint density at radius 2 is 1.69 bits per heavy atom. The van der Waals surface area contributed by atoms with E-state index >= 15 is 0 Å². The molecule has 0 unspecified atom stereocenters. The monoisotopic (exact) mass is 439 g/mol. The first-order chi connectivity index (χ1) is 15.3. The molecule has 2 aromatic carbocycles. The first-order valence-electron chi connectivity index (χ1n) is 10.1. The highest BCUT2D eigenvalue weighted by Gasteiger charge is 2.34. The van der Waals surface area contributed by atoms with Gasteiger partial charge in [0.25, 0.3) is 0 Å². The molecule has 2 aromatic rings. The summed E-state index contributed by atoms with van der Waals surface area (Å²) in [4.78, 5) is 34.5. The fourth-order valence-corrected chi connectivity index (χ4v) is 3.34. The molecule has 1 aliphatic heterocycles. The summed E-state index contributed by atoms with van der Waals surface area (Å²) in [5.41, 5.74) is 8.14. The summed E-state index contributed by atoms with van der Waals surface area (Å²) in [6.45, 7) is 1.03. The van der Waals surface area contributed by atoms with Crippen molar-refractivity contribution in [1.29, 1.82) is 5.41 Å². The van der Waals surface area contributed by atoms with Crippen LogP contribution in [0.25, 0.3) is 11.1 Å². The molecule has 9 heteroatoms. The molecule has 1 saturated heterocycles. The van der Waals surface area contributed by atoms with Gasteiger partial charge in [0.1, 0.15) is 18.2 Å². The molecule has 2 atom stereocenters. The Bertz CT molecular complexity index is 988. The molecule has 4 N–H and O–H groups in total. The van der Waals surface area contributed by atoms with E-state index in [4.69, 9.17) is 20.6 Å². The van der Waals surface area contributed by atoms with Crippen LogP contribution in [0, 0.1) is 11.3 Å². The molecule has 9 nitrogen and oxygen atoms in total. The van der Waals surface area contributed by atoms with Gasteiger partial charge in [0.05, 0.1) is 18.4 Å². The predicted molar refractivity (Wildman–Crippen MR) is 116 cm³/mol. The van der Waals surface area contributed by atoms with Gasteiger partial charge in [0.15, 0.2) is 0 Å². The minimum atomic E-state index is -0.597. The molecule has 0 saturated carbocycles. The number of carbonyl (C=O) groups is 3. The molecule has 168 valence electrons. The second-order valence-electron chi connectivity index (χ2n) is 7.44. The number of rotatable bonds is 9. The van der Waals surface area contributed by atoms with Gasteiger partial charge in [0.2, 0.25) is 12.7 Å². The van der Waals surface area contributed by atoms with E-state index in [1.54, 1.807) is 12.1 Å². The van der Waals surface area contributed by atoms with Crippen LogP contribution in [-0.2, 0) is 23.9 Å². The highest BCUT2D eigenvalue weighted by molar-refractivity contribution is 5.95. The standard InChI is InChI=1S/C23H25N3O6/c1-14(27)31-13-32-21(28)11-18-10-19(26-23(18)29)12-30-20-8-6-16(7-9-20)15-2-4-17(5-3-15)22(24)25/h2-9,18-19H,10-13H2,1H3,(H3,24,25)(H,26,29)/t18-,19-/m0/s1. The number of nitrogen functional groups attached to an aromatic ring is 1. The molecule has 0 spiro atoms. The number of nitrogens with one attached hydrogen (secondary N) is 2. The Kier molecular flexibility index (Phi) is 7.43. The average Bonchev–Trinajstić information content (AvgIpc) is 3.11. The number of nitrogens with two attached hydrogens (primary N) is 1. The molecule has 1 amide bonds. The molecular weight excluding hydrogens is 414 g/mol. The summed E-state index contributed by atoms with van der Waals surface area (Å²) in [6.07, 6.45) is 0.364. The fourth-order valence-electron chi connectivity index (χ4n) is 3.34. The number of carbonyl (C=O) groups excluding carboxylic acids is 3. The topological polar surface area (TPSA) is 141 Å². The fraction of sp³-hybridized carbons (Fsp3) is 0.304. The Balaban J connectivity index is 1.46. The number of amides is 1. The SMILES string of the molecule is CC(=O)OCOC(=O)C[C@@H]1C[C@@H](COc2ccc(-c3ccc(C(=N)N)cc3)cc2)NC1=O. The van der Waals surface area contributed by atoms with Gasteiger partial charge in [-0.2, -0.15) is 0 Å². The lowest BCUT2D eigenvalue weighted by Gasteiger charge is -2.12. The summed E-state index contributed by atoms with van der Waals surface area (Å²) in [6, 6.07) is 14.7. The van der Waals surface area contributed by atoms with Gasteiger partial charge in [-0.1, -0.05) is 36.4 Å². The smallest absolute Gasteiger partial charge is 0.309 e. The van der Waals surface area contributed by atoms with Crippen LogP contribution in [0.5, 0.6) is 5.75 Å². The van der Waals surface area contributed by atoms with E-state index in [0.29, 0.717) is 17.7 Å². The number of hydrogen-bond acceptors (Lipinski definition) is 7. The molecule has 1 aliphatic rings. The van der Waals surface area contributed by atoms with Crippen LogP contribution in [0.2, 0.25) is 0 Å². The third-order valence-electron chi connectivity index (χ3n) is 5.02. The van der Waals surface area contributed by atoms with Gasteiger partial charge in [-0.25, -0.2) is 0 Å². The van der Waals surface area contributed by atoms with Crippen molar-refractivity contribution in [1.82, 2.24) is 5.32 Å². The molecule has 3 rings (SSSR count). The minimum Gasteiger partial charge on any atom is -0.491 e. The molecule has 1 heterocycles. The molecular formula is C23H25N3O6. The van der Waals surface area contributed by atoms with E-state index in [1.165, 1.54) is 6.92 Å². The van der Waals surface area contributed by atoms with Crippen molar-refractivity contribution >= 4 is 23.7 Å². The van der Waals surface area contributed by atoms with Crippen LogP contribution in [0.1, 0.15) is 25.3 Å². The van der Waals surface area contributed by atoms with Crippen LogP contribution in [0.4, 0.5) is 0 Å². The molecule has 0 aliphatic carbocycles. The summed E-state index contributed by atoms with van der Waals surface area (Å²) in [5, 5.41) is 10.3. The Morgan fingerprint density at radius 1 is 1.06 bits per heavy atom. The molecule has 0 bridgehead atoms. The van der Waals surface area contributed by atoms with Crippen molar-refractivity contribution in [2.45, 2.75) is 25.8 Å². The summed E-state index contributed by atoms with van der Waals surface area (Å²) in [7, 11) is 0. The van der Waals surface area contributed by atoms with E-state index in [1.807, 2.05) is 36.4 Å².